The number of aromatic nitrogens is 3. The molecule has 2 heterocycles. The number of hydrogen-bond donors (Lipinski definition) is 1. The molecule has 0 spiro atoms. The molecule has 2 aromatic heterocycles. The predicted octanol–water partition coefficient (Wildman–Crippen LogP) is 3.19. The minimum atomic E-state index is -0.439. The average Bonchev–Trinajstić information content (AvgIpc) is 2.82. The maximum absolute atomic E-state index is 10.8. The first-order valence-electron chi connectivity index (χ1n) is 5.39. The van der Waals surface area contributed by atoms with Gasteiger partial charge in [-0.15, -0.1) is 0 Å². The summed E-state index contributed by atoms with van der Waals surface area (Å²) in [7, 11) is 0. The number of aromatic amines is 1. The Bertz CT molecular complexity index is 767. The lowest BCUT2D eigenvalue weighted by Crippen LogP contribution is -1.87. The summed E-state index contributed by atoms with van der Waals surface area (Å²) < 4.78 is 0. The van der Waals surface area contributed by atoms with Gasteiger partial charge in [-0.3, -0.25) is 20.2 Å². The van der Waals surface area contributed by atoms with Crippen LogP contribution in [0.15, 0.2) is 36.5 Å². The quantitative estimate of drug-likeness (QED) is 0.574. The van der Waals surface area contributed by atoms with E-state index in [1.807, 2.05) is 0 Å². The summed E-state index contributed by atoms with van der Waals surface area (Å²) in [6.07, 6.45) is 1.51. The van der Waals surface area contributed by atoms with E-state index in [0.29, 0.717) is 21.8 Å². The number of H-pyrrole nitrogens is 1. The van der Waals surface area contributed by atoms with Gasteiger partial charge in [-0.1, -0.05) is 11.6 Å². The smallest absolute Gasteiger partial charge is 0.270 e. The van der Waals surface area contributed by atoms with Gasteiger partial charge in [0.15, 0.2) is 0 Å². The Balaban J connectivity index is 2.21. The van der Waals surface area contributed by atoms with Gasteiger partial charge in [0, 0.05) is 23.7 Å². The minimum absolute atomic E-state index is 0.0177. The van der Waals surface area contributed by atoms with Crippen LogP contribution in [0.3, 0.4) is 0 Å². The van der Waals surface area contributed by atoms with Crippen molar-refractivity contribution in [3.8, 4) is 11.4 Å². The van der Waals surface area contributed by atoms with Gasteiger partial charge in [-0.2, -0.15) is 5.10 Å². The first-order chi connectivity index (χ1) is 9.15. The third-order valence-electron chi connectivity index (χ3n) is 2.73. The van der Waals surface area contributed by atoms with Gasteiger partial charge in [-0.05, 0) is 18.2 Å². The van der Waals surface area contributed by atoms with Gasteiger partial charge in [0.25, 0.3) is 5.69 Å². The zero-order valence-electron chi connectivity index (χ0n) is 9.50. The van der Waals surface area contributed by atoms with Crippen LogP contribution in [-0.4, -0.2) is 20.1 Å². The number of benzene rings is 1. The highest BCUT2D eigenvalue weighted by Gasteiger charge is 2.13. The van der Waals surface area contributed by atoms with E-state index >= 15 is 0 Å². The Morgan fingerprint density at radius 3 is 2.79 bits per heavy atom. The van der Waals surface area contributed by atoms with Crippen molar-refractivity contribution in [2.75, 3.05) is 0 Å². The largest absolute Gasteiger partial charge is 0.277 e. The van der Waals surface area contributed by atoms with Crippen LogP contribution in [0, 0.1) is 10.1 Å². The summed E-state index contributed by atoms with van der Waals surface area (Å²) in [4.78, 5) is 14.5. The molecule has 6 nitrogen and oxygen atoms in total. The Kier molecular flexibility index (Phi) is 2.64. The van der Waals surface area contributed by atoms with Gasteiger partial charge in [-0.25, -0.2) is 0 Å². The fourth-order valence-electron chi connectivity index (χ4n) is 1.83. The van der Waals surface area contributed by atoms with Gasteiger partial charge >= 0.3 is 0 Å². The topological polar surface area (TPSA) is 84.7 Å². The van der Waals surface area contributed by atoms with Crippen LogP contribution in [0.4, 0.5) is 5.69 Å². The SMILES string of the molecule is O=[N+]([O-])c1ccc2[nH]nc(-c3ccc(Cl)cn3)c2c1. The summed E-state index contributed by atoms with van der Waals surface area (Å²) in [5.41, 5.74) is 1.91. The summed E-state index contributed by atoms with van der Waals surface area (Å²) >= 11 is 5.78. The van der Waals surface area contributed by atoms with Crippen LogP contribution in [0.1, 0.15) is 0 Å². The number of non-ortho nitro benzene ring substituents is 1. The first-order valence-corrected chi connectivity index (χ1v) is 5.77. The number of hydrogen-bond acceptors (Lipinski definition) is 4. The molecule has 0 bridgehead atoms. The van der Waals surface area contributed by atoms with Crippen LogP contribution in [0.2, 0.25) is 5.02 Å². The van der Waals surface area contributed by atoms with Crippen molar-refractivity contribution < 1.29 is 4.92 Å². The summed E-state index contributed by atoms with van der Waals surface area (Å²) in [6, 6.07) is 7.95. The van der Waals surface area contributed by atoms with Crippen molar-refractivity contribution in [3.63, 3.8) is 0 Å². The van der Waals surface area contributed by atoms with Gasteiger partial charge in [0.05, 0.1) is 21.2 Å². The molecule has 1 aromatic carbocycles. The van der Waals surface area contributed by atoms with E-state index in [0.717, 1.165) is 5.52 Å². The molecular formula is C12H7ClN4O2. The third-order valence-corrected chi connectivity index (χ3v) is 2.95. The standard InChI is InChI=1S/C12H7ClN4O2/c13-7-1-3-11(14-6-7)12-9-5-8(17(18)19)2-4-10(9)15-16-12/h1-6H,(H,15,16). The number of nitrogens with zero attached hydrogens (tertiary/aromatic N) is 3. The van der Waals surface area contributed by atoms with E-state index in [4.69, 9.17) is 11.6 Å². The second-order valence-electron chi connectivity index (χ2n) is 3.92. The molecule has 3 rings (SSSR count). The number of halogens is 1. The maximum Gasteiger partial charge on any atom is 0.270 e. The molecule has 0 aliphatic rings. The lowest BCUT2D eigenvalue weighted by atomic mass is 10.1. The second-order valence-corrected chi connectivity index (χ2v) is 4.36. The van der Waals surface area contributed by atoms with Crippen LogP contribution < -0.4 is 0 Å². The highest BCUT2D eigenvalue weighted by atomic mass is 35.5. The zero-order chi connectivity index (χ0) is 13.4. The maximum atomic E-state index is 10.8. The number of nitrogens with one attached hydrogen (secondary N) is 1. The molecule has 0 aliphatic heterocycles. The first kappa shape index (κ1) is 11.6. The Labute approximate surface area is 112 Å². The van der Waals surface area contributed by atoms with Crippen molar-refractivity contribution in [3.05, 3.63) is 51.7 Å². The zero-order valence-corrected chi connectivity index (χ0v) is 10.3. The Morgan fingerprint density at radius 2 is 2.11 bits per heavy atom. The molecule has 0 saturated heterocycles. The predicted molar refractivity (Wildman–Crippen MR) is 71.0 cm³/mol. The van der Waals surface area contributed by atoms with Gasteiger partial charge < -0.3 is 0 Å². The number of pyridine rings is 1. The van der Waals surface area contributed by atoms with E-state index in [9.17, 15) is 10.1 Å². The fourth-order valence-corrected chi connectivity index (χ4v) is 1.94. The molecule has 0 aliphatic carbocycles. The molecule has 0 radical (unpaired) electrons. The Morgan fingerprint density at radius 1 is 1.26 bits per heavy atom. The lowest BCUT2D eigenvalue weighted by molar-refractivity contribution is -0.384. The van der Waals surface area contributed by atoms with Crippen molar-refractivity contribution in [2.24, 2.45) is 0 Å². The third kappa shape index (κ3) is 2.02. The van der Waals surface area contributed by atoms with E-state index in [2.05, 4.69) is 15.2 Å². The van der Waals surface area contributed by atoms with E-state index in [1.165, 1.54) is 18.3 Å². The van der Waals surface area contributed by atoms with Crippen molar-refractivity contribution >= 4 is 28.2 Å². The van der Waals surface area contributed by atoms with Gasteiger partial charge in [0.2, 0.25) is 0 Å². The molecule has 3 aromatic rings. The number of nitro benzene ring substituents is 1. The fraction of sp³-hybridized carbons (Fsp3) is 0. The number of fused-ring (bicyclic) bond motifs is 1. The van der Waals surface area contributed by atoms with Gasteiger partial charge in [0.1, 0.15) is 5.69 Å². The highest BCUT2D eigenvalue weighted by molar-refractivity contribution is 6.30. The molecule has 1 N–H and O–H groups in total. The molecule has 19 heavy (non-hydrogen) atoms. The normalized spacial score (nSPS) is 10.8. The molecule has 0 amide bonds. The van der Waals surface area contributed by atoms with Crippen LogP contribution in [-0.2, 0) is 0 Å². The molecule has 7 heteroatoms. The van der Waals surface area contributed by atoms with E-state index < -0.39 is 4.92 Å². The molecule has 0 unspecified atom stereocenters. The van der Waals surface area contributed by atoms with Crippen LogP contribution in [0.25, 0.3) is 22.3 Å². The molecule has 0 saturated carbocycles. The van der Waals surface area contributed by atoms with Crippen molar-refractivity contribution in [2.45, 2.75) is 0 Å². The van der Waals surface area contributed by atoms with E-state index in [-0.39, 0.29) is 5.69 Å². The number of nitro groups is 1. The molecule has 0 atom stereocenters. The second kappa shape index (κ2) is 4.33. The van der Waals surface area contributed by atoms with E-state index in [1.54, 1.807) is 18.2 Å². The molecule has 94 valence electrons. The minimum Gasteiger partial charge on any atom is -0.277 e. The number of rotatable bonds is 2. The molecular weight excluding hydrogens is 268 g/mol. The monoisotopic (exact) mass is 274 g/mol. The molecule has 0 fully saturated rings. The van der Waals surface area contributed by atoms with Crippen LogP contribution in [0.5, 0.6) is 0 Å². The van der Waals surface area contributed by atoms with Crippen molar-refractivity contribution in [1.29, 1.82) is 0 Å². The summed E-state index contributed by atoms with van der Waals surface area (Å²) in [6.45, 7) is 0. The average molecular weight is 275 g/mol. The Hall–Kier alpha value is -2.47. The lowest BCUT2D eigenvalue weighted by Gasteiger charge is -1.97. The highest BCUT2D eigenvalue weighted by Crippen LogP contribution is 2.28. The summed E-state index contributed by atoms with van der Waals surface area (Å²) in [5.74, 6) is 0. The van der Waals surface area contributed by atoms with Crippen molar-refractivity contribution in [1.82, 2.24) is 15.2 Å². The van der Waals surface area contributed by atoms with Crippen LogP contribution >= 0.6 is 11.6 Å². The summed E-state index contributed by atoms with van der Waals surface area (Å²) in [5, 5.41) is 18.9.